The van der Waals surface area contributed by atoms with E-state index < -0.39 is 15.9 Å². The monoisotopic (exact) mass is 539 g/mol. The van der Waals surface area contributed by atoms with Crippen LogP contribution in [0.5, 0.6) is 11.5 Å². The van der Waals surface area contributed by atoms with E-state index in [4.69, 9.17) is 13.9 Å². The molecule has 2 aromatic heterocycles. The molecule has 0 bridgehead atoms. The van der Waals surface area contributed by atoms with Crippen LogP contribution in [0.2, 0.25) is 0 Å². The first-order valence-electron chi connectivity index (χ1n) is 12.3. The minimum Gasteiger partial charge on any atom is -0.493 e. The molecule has 1 N–H and O–H groups in total. The fraction of sp³-hybridized carbons (Fsp3) is 0.345. The Morgan fingerprint density at radius 3 is 2.29 bits per heavy atom. The molecule has 0 aliphatic carbocycles. The molecule has 0 fully saturated rings. The van der Waals surface area contributed by atoms with E-state index in [0.29, 0.717) is 5.69 Å². The van der Waals surface area contributed by atoms with Crippen LogP contribution in [0.25, 0.3) is 16.9 Å². The maximum Gasteiger partial charge on any atom is 0.339 e. The van der Waals surface area contributed by atoms with Crippen molar-refractivity contribution in [3.63, 3.8) is 0 Å². The molecule has 4 rings (SSSR count). The number of pyridine rings is 1. The average Bonchev–Trinajstić information content (AvgIpc) is 3.14. The molecule has 9 heteroatoms. The van der Waals surface area contributed by atoms with E-state index in [1.165, 1.54) is 13.2 Å². The van der Waals surface area contributed by atoms with Crippen LogP contribution in [0, 0.1) is 18.2 Å². The third-order valence-corrected chi connectivity index (χ3v) is 7.20. The molecule has 0 amide bonds. The quantitative estimate of drug-likeness (QED) is 0.247. The fourth-order valence-electron chi connectivity index (χ4n) is 4.81. The third kappa shape index (κ3) is 6.10. The Bertz CT molecular complexity index is 1570. The lowest BCUT2D eigenvalue weighted by atomic mass is 9.82. The van der Waals surface area contributed by atoms with Crippen molar-refractivity contribution in [2.24, 2.45) is 5.41 Å². The molecular weight excluding hydrogens is 505 g/mol. The lowest BCUT2D eigenvalue weighted by Gasteiger charge is -2.34. The van der Waals surface area contributed by atoms with E-state index in [-0.39, 0.29) is 27.3 Å². The summed E-state index contributed by atoms with van der Waals surface area (Å²) in [7, 11) is -2.75. The smallest absolute Gasteiger partial charge is 0.339 e. The fourth-order valence-corrected chi connectivity index (χ4v) is 5.75. The molecule has 7 nitrogen and oxygen atoms in total. The molecular formula is C29H34FN3O4S. The van der Waals surface area contributed by atoms with Crippen LogP contribution < -0.4 is 14.2 Å². The summed E-state index contributed by atoms with van der Waals surface area (Å²) >= 11 is 0. The molecule has 0 aliphatic rings. The van der Waals surface area contributed by atoms with Crippen LogP contribution in [-0.2, 0) is 10.1 Å². The van der Waals surface area contributed by atoms with Gasteiger partial charge >= 0.3 is 10.1 Å². The highest BCUT2D eigenvalue weighted by molar-refractivity contribution is 7.87. The topological polar surface area (TPSA) is 81.9 Å². The number of nitrogens with zero attached hydrogens (tertiary/aromatic N) is 2. The summed E-state index contributed by atoms with van der Waals surface area (Å²) in [5, 5.41) is 3.70. The number of imidazole rings is 1. The second-order valence-corrected chi connectivity index (χ2v) is 12.9. The molecule has 0 aliphatic heterocycles. The minimum atomic E-state index is -4.19. The van der Waals surface area contributed by atoms with Gasteiger partial charge in [-0.05, 0) is 92.8 Å². The number of benzene rings is 2. The highest BCUT2D eigenvalue weighted by Crippen LogP contribution is 2.39. The summed E-state index contributed by atoms with van der Waals surface area (Å²) in [5.41, 5.74) is 3.15. The molecule has 0 saturated heterocycles. The number of aromatic nitrogens is 2. The number of ether oxygens (including phenoxy) is 1. The second-order valence-electron chi connectivity index (χ2n) is 11.3. The van der Waals surface area contributed by atoms with Gasteiger partial charge in [0.25, 0.3) is 0 Å². The van der Waals surface area contributed by atoms with E-state index in [9.17, 15) is 12.8 Å². The molecule has 0 unspecified atom stereocenters. The van der Waals surface area contributed by atoms with E-state index >= 15 is 0 Å². The SMILES string of the molecule is COc1cc(-c2nc3cc(C)ccn3c2NC(C)(C)CC(C)(C)C)ccc1OS(=O)(=O)c1ccc(F)cc1. The lowest BCUT2D eigenvalue weighted by molar-refractivity contribution is 0.302. The summed E-state index contributed by atoms with van der Waals surface area (Å²) in [5.74, 6) is 0.525. The van der Waals surface area contributed by atoms with Crippen molar-refractivity contribution in [2.75, 3.05) is 12.4 Å². The van der Waals surface area contributed by atoms with Gasteiger partial charge in [-0.2, -0.15) is 8.42 Å². The van der Waals surface area contributed by atoms with Crippen molar-refractivity contribution in [3.8, 4) is 22.8 Å². The molecule has 0 atom stereocenters. The van der Waals surface area contributed by atoms with E-state index in [2.05, 4.69) is 39.9 Å². The van der Waals surface area contributed by atoms with Gasteiger partial charge in [-0.1, -0.05) is 20.8 Å². The van der Waals surface area contributed by atoms with Crippen molar-refractivity contribution in [3.05, 3.63) is 72.2 Å². The zero-order chi connectivity index (χ0) is 27.9. The largest absolute Gasteiger partial charge is 0.493 e. The van der Waals surface area contributed by atoms with Crippen LogP contribution in [0.4, 0.5) is 10.2 Å². The zero-order valence-electron chi connectivity index (χ0n) is 22.8. The van der Waals surface area contributed by atoms with E-state index in [1.807, 2.05) is 29.7 Å². The summed E-state index contributed by atoms with van der Waals surface area (Å²) in [6.45, 7) is 13.0. The average molecular weight is 540 g/mol. The molecule has 2 aromatic carbocycles. The zero-order valence-corrected chi connectivity index (χ0v) is 23.6. The van der Waals surface area contributed by atoms with Gasteiger partial charge in [-0.15, -0.1) is 0 Å². The number of anilines is 1. The minimum absolute atomic E-state index is 0.0164. The number of methoxy groups -OCH3 is 1. The first-order chi connectivity index (χ1) is 17.7. The maximum absolute atomic E-state index is 13.3. The first kappa shape index (κ1) is 27.4. The lowest BCUT2D eigenvalue weighted by Crippen LogP contribution is -2.36. The Morgan fingerprint density at radius 1 is 0.974 bits per heavy atom. The van der Waals surface area contributed by atoms with Gasteiger partial charge in [0.05, 0.1) is 7.11 Å². The predicted molar refractivity (Wildman–Crippen MR) is 148 cm³/mol. The molecule has 0 saturated carbocycles. The summed E-state index contributed by atoms with van der Waals surface area (Å²) in [4.78, 5) is 4.75. The van der Waals surface area contributed by atoms with Crippen molar-refractivity contribution < 1.29 is 21.7 Å². The Kier molecular flexibility index (Phi) is 7.18. The van der Waals surface area contributed by atoms with Crippen molar-refractivity contribution >= 4 is 21.6 Å². The number of hydrogen-bond acceptors (Lipinski definition) is 6. The number of rotatable bonds is 8. The van der Waals surface area contributed by atoms with Gasteiger partial charge in [0.1, 0.15) is 27.9 Å². The summed E-state index contributed by atoms with van der Waals surface area (Å²) in [6.07, 6.45) is 2.90. The normalized spacial score (nSPS) is 12.5. The van der Waals surface area contributed by atoms with Gasteiger partial charge in [0.15, 0.2) is 11.5 Å². The van der Waals surface area contributed by atoms with Crippen LogP contribution in [0.1, 0.15) is 46.6 Å². The van der Waals surface area contributed by atoms with Gasteiger partial charge < -0.3 is 14.2 Å². The molecule has 0 spiro atoms. The van der Waals surface area contributed by atoms with Gasteiger partial charge in [0.2, 0.25) is 0 Å². The Balaban J connectivity index is 1.76. The highest BCUT2D eigenvalue weighted by Gasteiger charge is 2.28. The van der Waals surface area contributed by atoms with Gasteiger partial charge in [-0.3, -0.25) is 4.40 Å². The molecule has 4 aromatic rings. The summed E-state index contributed by atoms with van der Waals surface area (Å²) < 4.78 is 51.7. The van der Waals surface area contributed by atoms with Crippen molar-refractivity contribution in [1.29, 1.82) is 0 Å². The Morgan fingerprint density at radius 2 is 1.66 bits per heavy atom. The molecule has 202 valence electrons. The van der Waals surface area contributed by atoms with Crippen LogP contribution >= 0.6 is 0 Å². The van der Waals surface area contributed by atoms with E-state index in [1.54, 1.807) is 12.1 Å². The predicted octanol–water partition coefficient (Wildman–Crippen LogP) is 6.85. The van der Waals surface area contributed by atoms with Crippen LogP contribution in [0.15, 0.2) is 65.7 Å². The maximum atomic E-state index is 13.3. The molecule has 2 heterocycles. The Labute approximate surface area is 223 Å². The summed E-state index contributed by atoms with van der Waals surface area (Å²) in [6, 6.07) is 13.5. The number of fused-ring (bicyclic) bond motifs is 1. The van der Waals surface area contributed by atoms with Crippen molar-refractivity contribution in [1.82, 2.24) is 9.38 Å². The highest BCUT2D eigenvalue weighted by atomic mass is 32.2. The van der Waals surface area contributed by atoms with E-state index in [0.717, 1.165) is 53.3 Å². The molecule has 38 heavy (non-hydrogen) atoms. The Hall–Kier alpha value is -3.59. The number of nitrogens with one attached hydrogen (secondary N) is 1. The van der Waals surface area contributed by atoms with Crippen molar-refractivity contribution in [2.45, 2.75) is 58.4 Å². The number of aryl methyl sites for hydroxylation is 1. The van der Waals surface area contributed by atoms with Gasteiger partial charge in [-0.25, -0.2) is 9.37 Å². The number of hydrogen-bond donors (Lipinski definition) is 1. The van der Waals surface area contributed by atoms with Crippen LogP contribution in [-0.4, -0.2) is 30.5 Å². The molecule has 0 radical (unpaired) electrons. The first-order valence-corrected chi connectivity index (χ1v) is 13.7. The second kappa shape index (κ2) is 9.94. The van der Waals surface area contributed by atoms with Gasteiger partial charge in [0, 0.05) is 17.3 Å². The standard InChI is InChI=1S/C29H34FN3O4S/c1-19-14-15-33-25(16-19)31-26(27(33)32-29(5,6)18-28(2,3)4)20-8-13-23(24(17-20)36-7)37-38(34,35)22-11-9-21(30)10-12-22/h8-17,32H,18H2,1-7H3. The third-order valence-electron chi connectivity index (χ3n) is 5.95. The number of halogens is 1. The van der Waals surface area contributed by atoms with Crippen LogP contribution in [0.3, 0.4) is 0 Å².